The predicted octanol–water partition coefficient (Wildman–Crippen LogP) is 7.24. The number of rotatable bonds is 11. The number of fused-ring (bicyclic) bond motifs is 1. The minimum atomic E-state index is -4.69. The van der Waals surface area contributed by atoms with Gasteiger partial charge < -0.3 is 10.4 Å². The van der Waals surface area contributed by atoms with Gasteiger partial charge in [0.1, 0.15) is 0 Å². The normalized spacial score (nSPS) is 13.8. The van der Waals surface area contributed by atoms with E-state index in [-0.39, 0.29) is 11.1 Å². The molecule has 6 nitrogen and oxygen atoms in total. The zero-order valence-electron chi connectivity index (χ0n) is 22.6. The van der Waals surface area contributed by atoms with Crippen LogP contribution in [0.3, 0.4) is 0 Å². The molecule has 3 rings (SSSR count). The van der Waals surface area contributed by atoms with E-state index < -0.39 is 30.0 Å². The number of aliphatic carboxylic acids is 1. The van der Waals surface area contributed by atoms with Crippen LogP contribution in [0.4, 0.5) is 13.2 Å². The number of carboxylic acids is 1. The third-order valence-electron chi connectivity index (χ3n) is 6.34. The van der Waals surface area contributed by atoms with Crippen LogP contribution in [0, 0.1) is 5.92 Å². The highest BCUT2D eigenvalue weighted by atomic mass is 19.4. The van der Waals surface area contributed by atoms with Crippen LogP contribution in [0.15, 0.2) is 78.9 Å². The predicted molar refractivity (Wildman–Crippen MR) is 150 cm³/mol. The molecule has 2 unspecified atom stereocenters. The van der Waals surface area contributed by atoms with Gasteiger partial charge in [-0.1, -0.05) is 67.6 Å². The molecule has 2 atom stereocenters. The highest BCUT2D eigenvalue weighted by molar-refractivity contribution is 5.97. The molecule has 3 aromatic rings. The van der Waals surface area contributed by atoms with Crippen molar-refractivity contribution in [2.24, 2.45) is 5.92 Å². The van der Waals surface area contributed by atoms with Crippen LogP contribution < -0.4 is 5.32 Å². The Bertz CT molecular complexity index is 1450. The number of halogens is 3. The Balaban J connectivity index is 1.99. The Hall–Kier alpha value is -4.27. The van der Waals surface area contributed by atoms with Gasteiger partial charge in [0.25, 0.3) is 5.91 Å². The van der Waals surface area contributed by atoms with E-state index in [4.69, 9.17) is 9.97 Å². The lowest BCUT2D eigenvalue weighted by molar-refractivity contribution is -0.155. The standard InChI is InChI=1S/C31H32F3N3O3/c1-5-21(15-14-19(2)3)27-25(13-9-10-20(4)30(39)40)35-26-18-23(16-17-24(26)36-27)29(38)37-28(31(32,33)34)22-11-7-6-8-12-22/h5-8,11-12,14-18,20,28H,2,9-10,13H2,1,3-4H3,(H,37,38)(H,39,40). The summed E-state index contributed by atoms with van der Waals surface area (Å²) in [6, 6.07) is 9.40. The van der Waals surface area contributed by atoms with Gasteiger partial charge >= 0.3 is 12.1 Å². The van der Waals surface area contributed by atoms with E-state index in [1.54, 1.807) is 19.1 Å². The van der Waals surface area contributed by atoms with Crippen molar-refractivity contribution in [3.8, 4) is 0 Å². The van der Waals surface area contributed by atoms with Crippen LogP contribution in [0.25, 0.3) is 16.6 Å². The number of hydrogen-bond acceptors (Lipinski definition) is 4. The summed E-state index contributed by atoms with van der Waals surface area (Å²) in [5, 5.41) is 11.3. The molecule has 0 spiro atoms. The molecular weight excluding hydrogens is 519 g/mol. The second-order valence-corrected chi connectivity index (χ2v) is 9.64. The second-order valence-electron chi connectivity index (χ2n) is 9.64. The van der Waals surface area contributed by atoms with Gasteiger partial charge in [-0.05, 0) is 62.4 Å². The molecular formula is C31H32F3N3O3. The molecule has 1 amide bonds. The van der Waals surface area contributed by atoms with E-state index >= 15 is 0 Å². The average Bonchev–Trinajstić information content (AvgIpc) is 2.91. The number of allylic oxidation sites excluding steroid dienone is 5. The van der Waals surface area contributed by atoms with E-state index in [2.05, 4.69) is 11.9 Å². The van der Waals surface area contributed by atoms with E-state index in [9.17, 15) is 27.9 Å². The first-order chi connectivity index (χ1) is 18.9. The van der Waals surface area contributed by atoms with E-state index in [0.29, 0.717) is 41.7 Å². The fourth-order valence-electron chi connectivity index (χ4n) is 4.09. The van der Waals surface area contributed by atoms with Gasteiger partial charge in [0.2, 0.25) is 0 Å². The van der Waals surface area contributed by atoms with Crippen molar-refractivity contribution in [3.63, 3.8) is 0 Å². The van der Waals surface area contributed by atoms with Crippen molar-refractivity contribution < 1.29 is 27.9 Å². The molecule has 2 aromatic carbocycles. The van der Waals surface area contributed by atoms with E-state index in [0.717, 1.165) is 11.1 Å². The third kappa shape index (κ3) is 7.88. The molecule has 1 aromatic heterocycles. The van der Waals surface area contributed by atoms with Gasteiger partial charge in [-0.25, -0.2) is 9.97 Å². The van der Waals surface area contributed by atoms with Crippen LogP contribution in [0.1, 0.15) is 67.0 Å². The summed E-state index contributed by atoms with van der Waals surface area (Å²) in [4.78, 5) is 33.7. The molecule has 0 saturated heterocycles. The molecule has 0 fully saturated rings. The van der Waals surface area contributed by atoms with E-state index in [1.165, 1.54) is 36.4 Å². The summed E-state index contributed by atoms with van der Waals surface area (Å²) in [6.07, 6.45) is 2.28. The first-order valence-electron chi connectivity index (χ1n) is 12.9. The number of aryl methyl sites for hydroxylation is 1. The van der Waals surface area contributed by atoms with Gasteiger partial charge in [-0.3, -0.25) is 9.59 Å². The minimum Gasteiger partial charge on any atom is -0.481 e. The number of hydrogen-bond donors (Lipinski definition) is 2. The van der Waals surface area contributed by atoms with Crippen molar-refractivity contribution in [3.05, 3.63) is 101 Å². The largest absolute Gasteiger partial charge is 0.481 e. The molecule has 0 aliphatic heterocycles. The first kappa shape index (κ1) is 30.3. The van der Waals surface area contributed by atoms with Crippen LogP contribution in [0.5, 0.6) is 0 Å². The Morgan fingerprint density at radius 2 is 1.77 bits per heavy atom. The van der Waals surface area contributed by atoms with Gasteiger partial charge in [0, 0.05) is 5.56 Å². The smallest absolute Gasteiger partial charge is 0.412 e. The summed E-state index contributed by atoms with van der Waals surface area (Å²) in [5.74, 6) is -2.30. The summed E-state index contributed by atoms with van der Waals surface area (Å²) in [5.41, 5.74) is 3.58. The van der Waals surface area contributed by atoms with Crippen LogP contribution in [-0.4, -0.2) is 33.1 Å². The molecule has 1 heterocycles. The maximum absolute atomic E-state index is 13.8. The number of carbonyl (C=O) groups is 2. The summed E-state index contributed by atoms with van der Waals surface area (Å²) >= 11 is 0. The molecule has 2 N–H and O–H groups in total. The van der Waals surface area contributed by atoms with Crippen LogP contribution in [0.2, 0.25) is 0 Å². The topological polar surface area (TPSA) is 92.2 Å². The number of aromatic nitrogens is 2. The Kier molecular flexibility index (Phi) is 9.98. The third-order valence-corrected chi connectivity index (χ3v) is 6.34. The average molecular weight is 552 g/mol. The van der Waals surface area contributed by atoms with E-state index in [1.807, 2.05) is 32.1 Å². The lowest BCUT2D eigenvalue weighted by atomic mass is 10.00. The number of amides is 1. The van der Waals surface area contributed by atoms with Crippen molar-refractivity contribution in [2.75, 3.05) is 0 Å². The van der Waals surface area contributed by atoms with Crippen molar-refractivity contribution in [2.45, 2.75) is 52.3 Å². The van der Waals surface area contributed by atoms with Crippen LogP contribution >= 0.6 is 0 Å². The molecule has 40 heavy (non-hydrogen) atoms. The molecule has 9 heteroatoms. The van der Waals surface area contributed by atoms with Crippen LogP contribution in [-0.2, 0) is 11.2 Å². The molecule has 0 bridgehead atoms. The Labute approximate surface area is 231 Å². The van der Waals surface area contributed by atoms with Crippen molar-refractivity contribution in [1.29, 1.82) is 0 Å². The Morgan fingerprint density at radius 3 is 2.38 bits per heavy atom. The monoisotopic (exact) mass is 551 g/mol. The molecule has 210 valence electrons. The number of benzene rings is 2. The number of nitrogens with zero attached hydrogens (tertiary/aromatic N) is 2. The zero-order valence-corrected chi connectivity index (χ0v) is 22.6. The summed E-state index contributed by atoms with van der Waals surface area (Å²) < 4.78 is 41.4. The highest BCUT2D eigenvalue weighted by Gasteiger charge is 2.42. The van der Waals surface area contributed by atoms with Crippen molar-refractivity contribution >= 4 is 28.5 Å². The maximum Gasteiger partial charge on any atom is 0.412 e. The fraction of sp³-hybridized carbons (Fsp3) is 0.290. The number of alkyl halides is 3. The lowest BCUT2D eigenvalue weighted by Gasteiger charge is -2.22. The molecule has 0 saturated carbocycles. The van der Waals surface area contributed by atoms with Gasteiger partial charge in [0.15, 0.2) is 6.04 Å². The summed E-state index contributed by atoms with van der Waals surface area (Å²) in [7, 11) is 0. The first-order valence-corrected chi connectivity index (χ1v) is 12.9. The Morgan fingerprint density at radius 1 is 1.07 bits per heavy atom. The molecule has 0 aliphatic carbocycles. The van der Waals surface area contributed by atoms with Gasteiger partial charge in [-0.2, -0.15) is 13.2 Å². The minimum absolute atomic E-state index is 0.0126. The number of nitrogens with one attached hydrogen (secondary N) is 1. The van der Waals surface area contributed by atoms with Gasteiger partial charge in [-0.15, -0.1) is 0 Å². The van der Waals surface area contributed by atoms with Gasteiger partial charge in [0.05, 0.1) is 28.3 Å². The SMILES string of the molecule is C=C(C)C=CC(=CC)c1nc2ccc(C(=O)NC(c3ccccc3)C(F)(F)F)cc2nc1CCCC(C)C(=O)O. The number of carboxylic acid groups (broad SMARTS) is 1. The molecule has 0 aliphatic rings. The zero-order chi connectivity index (χ0) is 29.4. The van der Waals surface area contributed by atoms with Crippen molar-refractivity contribution in [1.82, 2.24) is 15.3 Å². The quantitative estimate of drug-likeness (QED) is 0.245. The second kappa shape index (κ2) is 13.2. The highest BCUT2D eigenvalue weighted by Crippen LogP contribution is 2.33. The summed E-state index contributed by atoms with van der Waals surface area (Å²) in [6.45, 7) is 9.23. The fourth-order valence-corrected chi connectivity index (χ4v) is 4.09. The maximum atomic E-state index is 13.8. The number of carbonyl (C=O) groups excluding carboxylic acids is 1. The lowest BCUT2D eigenvalue weighted by Crippen LogP contribution is -2.38. The molecule has 0 radical (unpaired) electrons.